The lowest BCUT2D eigenvalue weighted by molar-refractivity contribution is 0.0607. The van der Waals surface area contributed by atoms with E-state index >= 15 is 0 Å². The van der Waals surface area contributed by atoms with Gasteiger partial charge in [0.15, 0.2) is 5.75 Å². The first-order valence-electron chi connectivity index (χ1n) is 12.8. The topological polar surface area (TPSA) is 90.0 Å². The first kappa shape index (κ1) is 24.2. The van der Waals surface area contributed by atoms with E-state index in [2.05, 4.69) is 30.4 Å². The summed E-state index contributed by atoms with van der Waals surface area (Å²) < 4.78 is 16.6. The van der Waals surface area contributed by atoms with Crippen molar-refractivity contribution < 1.29 is 23.8 Å². The molecule has 1 atom stereocenters. The van der Waals surface area contributed by atoms with Crippen molar-refractivity contribution in [3.05, 3.63) is 45.9 Å². The quantitative estimate of drug-likeness (QED) is 0.438. The Morgan fingerprint density at radius 3 is 2.89 bits per heavy atom. The SMILES string of the molecule is Cc1cccc(-c2sc(C3CC3)nc2C(=O)N2CCCC[C@H]2CNC(=O)Oc2scc3c2OCCO3)c1. The van der Waals surface area contributed by atoms with Crippen LogP contribution in [0, 0.1) is 6.92 Å². The van der Waals surface area contributed by atoms with Crippen LogP contribution in [0.15, 0.2) is 29.6 Å². The average Bonchev–Trinajstić information content (AvgIpc) is 3.55. The van der Waals surface area contributed by atoms with Crippen molar-refractivity contribution in [3.63, 3.8) is 0 Å². The third-order valence-corrected chi connectivity index (χ3v) is 8.96. The van der Waals surface area contributed by atoms with Crippen molar-refractivity contribution in [2.45, 2.75) is 51.0 Å². The standard InChI is InChI=1S/C27H29N3O5S2/c1-16-5-4-6-18(13-16)23-21(29-24(37-23)17-8-9-17)25(31)30-10-3-2-7-19(30)14-28-27(32)35-26-22-20(15-36-26)33-11-12-34-22/h4-6,13,15,17,19H,2-3,7-12,14H2,1H3,(H,28,32)/t19-/m0/s1. The molecular formula is C27H29N3O5S2. The molecular weight excluding hydrogens is 510 g/mol. The summed E-state index contributed by atoms with van der Waals surface area (Å²) in [4.78, 5) is 34.2. The van der Waals surface area contributed by atoms with E-state index < -0.39 is 6.09 Å². The van der Waals surface area contributed by atoms with E-state index in [0.29, 0.717) is 54.5 Å². The predicted octanol–water partition coefficient (Wildman–Crippen LogP) is 5.61. The first-order chi connectivity index (χ1) is 18.1. The van der Waals surface area contributed by atoms with Crippen molar-refractivity contribution >= 4 is 34.7 Å². The predicted molar refractivity (Wildman–Crippen MR) is 142 cm³/mol. The van der Waals surface area contributed by atoms with Gasteiger partial charge in [-0.15, -0.1) is 11.3 Å². The number of carbonyl (C=O) groups excluding carboxylic acids is 2. The van der Waals surface area contributed by atoms with E-state index in [1.807, 2.05) is 11.0 Å². The fraction of sp³-hybridized carbons (Fsp3) is 0.444. The summed E-state index contributed by atoms with van der Waals surface area (Å²) in [6.45, 7) is 3.92. The second-order valence-electron chi connectivity index (χ2n) is 9.71. The van der Waals surface area contributed by atoms with E-state index in [9.17, 15) is 9.59 Å². The number of ether oxygens (including phenoxy) is 3. The molecule has 0 bridgehead atoms. The lowest BCUT2D eigenvalue weighted by Crippen LogP contribution is -2.50. The molecule has 1 saturated heterocycles. The van der Waals surface area contributed by atoms with Crippen molar-refractivity contribution in [2.24, 2.45) is 0 Å². The van der Waals surface area contributed by atoms with Crippen LogP contribution in [0.4, 0.5) is 4.79 Å². The van der Waals surface area contributed by atoms with Gasteiger partial charge in [-0.1, -0.05) is 41.2 Å². The van der Waals surface area contributed by atoms with Gasteiger partial charge in [-0.25, -0.2) is 9.78 Å². The molecule has 1 aliphatic carbocycles. The molecule has 1 N–H and O–H groups in total. The molecule has 37 heavy (non-hydrogen) atoms. The Labute approximate surface area is 223 Å². The van der Waals surface area contributed by atoms with E-state index in [1.165, 1.54) is 11.3 Å². The van der Waals surface area contributed by atoms with Gasteiger partial charge in [0.05, 0.1) is 9.88 Å². The summed E-state index contributed by atoms with van der Waals surface area (Å²) in [6.07, 6.45) is 4.46. The van der Waals surface area contributed by atoms with E-state index in [4.69, 9.17) is 19.2 Å². The van der Waals surface area contributed by atoms with Crippen LogP contribution in [0.3, 0.4) is 0 Å². The minimum atomic E-state index is -0.568. The molecule has 194 valence electrons. The van der Waals surface area contributed by atoms with Crippen molar-refractivity contribution in [1.29, 1.82) is 0 Å². The second-order valence-corrected chi connectivity index (χ2v) is 11.6. The highest BCUT2D eigenvalue weighted by atomic mass is 32.1. The molecule has 8 nitrogen and oxygen atoms in total. The van der Waals surface area contributed by atoms with Gasteiger partial charge in [0.2, 0.25) is 10.8 Å². The zero-order valence-electron chi connectivity index (χ0n) is 20.7. The first-order valence-corrected chi connectivity index (χ1v) is 14.5. The number of amides is 2. The summed E-state index contributed by atoms with van der Waals surface area (Å²) in [5.41, 5.74) is 2.72. The lowest BCUT2D eigenvalue weighted by atomic mass is 10.0. The Hall–Kier alpha value is -3.11. The Morgan fingerprint density at radius 2 is 2.05 bits per heavy atom. The summed E-state index contributed by atoms with van der Waals surface area (Å²) in [5, 5.41) is 6.06. The van der Waals surface area contributed by atoms with Gasteiger partial charge < -0.3 is 24.4 Å². The summed E-state index contributed by atoms with van der Waals surface area (Å²) >= 11 is 2.91. The van der Waals surface area contributed by atoms with Crippen molar-refractivity contribution in [3.8, 4) is 27.0 Å². The molecule has 0 unspecified atom stereocenters. The number of hydrogen-bond acceptors (Lipinski definition) is 8. The third kappa shape index (κ3) is 5.17. The highest BCUT2D eigenvalue weighted by Gasteiger charge is 2.34. The number of thiophene rings is 1. The molecule has 0 spiro atoms. The molecule has 2 aliphatic heterocycles. The molecule has 6 rings (SSSR count). The number of nitrogens with zero attached hydrogens (tertiary/aromatic N) is 2. The van der Waals surface area contributed by atoms with E-state index in [0.717, 1.165) is 53.1 Å². The summed E-state index contributed by atoms with van der Waals surface area (Å²) in [7, 11) is 0. The molecule has 1 aromatic carbocycles. The maximum Gasteiger partial charge on any atom is 0.413 e. The van der Waals surface area contributed by atoms with Gasteiger partial charge in [-0.3, -0.25) is 4.79 Å². The number of carbonyl (C=O) groups is 2. The van der Waals surface area contributed by atoms with E-state index in [-0.39, 0.29) is 11.9 Å². The summed E-state index contributed by atoms with van der Waals surface area (Å²) in [6, 6.07) is 8.13. The van der Waals surface area contributed by atoms with Crippen molar-refractivity contribution in [2.75, 3.05) is 26.3 Å². The van der Waals surface area contributed by atoms with Crippen LogP contribution in [0.2, 0.25) is 0 Å². The Morgan fingerprint density at radius 1 is 1.19 bits per heavy atom. The fourth-order valence-corrected chi connectivity index (χ4v) is 6.82. The molecule has 3 aromatic rings. The Kier molecular flexibility index (Phi) is 6.77. The second kappa shape index (κ2) is 10.3. The third-order valence-electron chi connectivity index (χ3n) is 6.88. The van der Waals surface area contributed by atoms with E-state index in [1.54, 1.807) is 16.7 Å². The lowest BCUT2D eigenvalue weighted by Gasteiger charge is -2.35. The number of thiazole rings is 1. The molecule has 2 fully saturated rings. The summed E-state index contributed by atoms with van der Waals surface area (Å²) in [5.74, 6) is 1.49. The van der Waals surface area contributed by atoms with Crippen LogP contribution in [-0.4, -0.2) is 54.2 Å². The van der Waals surface area contributed by atoms with Crippen LogP contribution in [-0.2, 0) is 0 Å². The van der Waals surface area contributed by atoms with Gasteiger partial charge in [0.1, 0.15) is 18.9 Å². The fourth-order valence-electron chi connectivity index (χ4n) is 4.82. The maximum atomic E-state index is 13.9. The molecule has 1 saturated carbocycles. The van der Waals surface area contributed by atoms with Gasteiger partial charge in [0, 0.05) is 30.4 Å². The number of nitrogens with one attached hydrogen (secondary N) is 1. The molecule has 2 amide bonds. The van der Waals surface area contributed by atoms with Crippen LogP contribution in [0.5, 0.6) is 16.6 Å². The molecule has 3 aliphatic rings. The monoisotopic (exact) mass is 539 g/mol. The van der Waals surface area contributed by atoms with Gasteiger partial charge in [-0.05, 0) is 44.6 Å². The number of fused-ring (bicyclic) bond motifs is 1. The van der Waals surface area contributed by atoms with Crippen LogP contribution in [0.1, 0.15) is 59.1 Å². The molecule has 10 heteroatoms. The number of aromatic nitrogens is 1. The smallest absolute Gasteiger partial charge is 0.413 e. The number of piperidine rings is 1. The molecule has 0 radical (unpaired) electrons. The highest BCUT2D eigenvalue weighted by molar-refractivity contribution is 7.15. The van der Waals surface area contributed by atoms with Crippen molar-refractivity contribution in [1.82, 2.24) is 15.2 Å². The molecule has 2 aromatic heterocycles. The normalized spacial score (nSPS) is 18.9. The average molecular weight is 540 g/mol. The Bertz CT molecular complexity index is 1320. The number of likely N-dealkylation sites (tertiary alicyclic amines) is 1. The number of aryl methyl sites for hydroxylation is 1. The van der Waals surface area contributed by atoms with Crippen LogP contribution >= 0.6 is 22.7 Å². The number of hydrogen-bond donors (Lipinski definition) is 1. The maximum absolute atomic E-state index is 13.9. The van der Waals surface area contributed by atoms with Gasteiger partial charge in [-0.2, -0.15) is 0 Å². The minimum absolute atomic E-state index is 0.0580. The Balaban J connectivity index is 1.17. The number of benzene rings is 1. The van der Waals surface area contributed by atoms with Crippen LogP contribution < -0.4 is 19.5 Å². The zero-order chi connectivity index (χ0) is 25.4. The number of rotatable bonds is 6. The highest BCUT2D eigenvalue weighted by Crippen LogP contribution is 2.46. The molecule has 4 heterocycles. The van der Waals surface area contributed by atoms with Gasteiger partial charge in [0.25, 0.3) is 5.91 Å². The van der Waals surface area contributed by atoms with Gasteiger partial charge >= 0.3 is 6.09 Å². The largest absolute Gasteiger partial charge is 0.485 e. The zero-order valence-corrected chi connectivity index (χ0v) is 22.3. The minimum Gasteiger partial charge on any atom is -0.485 e. The van der Waals surface area contributed by atoms with Crippen LogP contribution in [0.25, 0.3) is 10.4 Å².